The monoisotopic (exact) mass is 326 g/mol. The number of carbonyl (C=O) groups excluding carboxylic acids is 1. The van der Waals surface area contributed by atoms with Crippen LogP contribution in [0, 0.1) is 0 Å². The minimum Gasteiger partial charge on any atom is -0.386 e. The van der Waals surface area contributed by atoms with Gasteiger partial charge >= 0.3 is 5.69 Å². The molecule has 3 heterocycles. The van der Waals surface area contributed by atoms with Crippen molar-refractivity contribution in [2.75, 3.05) is 6.61 Å². The first-order valence-corrected chi connectivity index (χ1v) is 7.21. The van der Waals surface area contributed by atoms with Crippen molar-refractivity contribution in [2.24, 2.45) is 0 Å². The number of fused-ring (bicyclic) bond motifs is 1. The third kappa shape index (κ3) is 2.76. The zero-order chi connectivity index (χ0) is 16.9. The number of aromatic amines is 1. The van der Waals surface area contributed by atoms with Crippen LogP contribution < -0.4 is 11.2 Å². The summed E-state index contributed by atoms with van der Waals surface area (Å²) >= 11 is 0. The molecule has 2 N–H and O–H groups in total. The Balaban J connectivity index is 1.97. The highest BCUT2D eigenvalue weighted by Crippen LogP contribution is 2.36. The average molecular weight is 326 g/mol. The SMILES string of the molecule is CC(=O)c1cn(C2OC3COC(C)(C)OC3C2O)c(=O)[nH]c1=O. The standard InChI is InChI=1S/C14H18N2O7/c1-6(17)7-4-16(13(20)15-11(7)19)12-9(18)10-8(22-12)5-21-14(2,3)23-10/h4,8-10,12,18H,5H2,1-3H3,(H,15,19,20). The fraction of sp³-hybridized carbons (Fsp3) is 0.643. The van der Waals surface area contributed by atoms with Crippen molar-refractivity contribution in [3.8, 4) is 0 Å². The molecule has 2 saturated heterocycles. The minimum absolute atomic E-state index is 0.187. The molecular weight excluding hydrogens is 308 g/mol. The maximum absolute atomic E-state index is 12.0. The van der Waals surface area contributed by atoms with Gasteiger partial charge in [-0.15, -0.1) is 0 Å². The topological polar surface area (TPSA) is 120 Å². The second-order valence-electron chi connectivity index (χ2n) is 6.11. The normalized spacial score (nSPS) is 32.5. The van der Waals surface area contributed by atoms with E-state index in [-0.39, 0.29) is 12.2 Å². The highest BCUT2D eigenvalue weighted by atomic mass is 16.7. The quantitative estimate of drug-likeness (QED) is 0.679. The maximum Gasteiger partial charge on any atom is 0.330 e. The van der Waals surface area contributed by atoms with Crippen molar-refractivity contribution >= 4 is 5.78 Å². The molecule has 0 aromatic carbocycles. The van der Waals surface area contributed by atoms with Crippen LogP contribution in [0.3, 0.4) is 0 Å². The fourth-order valence-electron chi connectivity index (χ4n) is 2.80. The first-order chi connectivity index (χ1) is 10.7. The van der Waals surface area contributed by atoms with E-state index >= 15 is 0 Å². The second-order valence-corrected chi connectivity index (χ2v) is 6.11. The lowest BCUT2D eigenvalue weighted by Gasteiger charge is -2.37. The first kappa shape index (κ1) is 16.1. The molecule has 0 saturated carbocycles. The maximum atomic E-state index is 12.0. The highest BCUT2D eigenvalue weighted by Gasteiger charge is 2.51. The molecule has 23 heavy (non-hydrogen) atoms. The van der Waals surface area contributed by atoms with E-state index in [2.05, 4.69) is 4.98 Å². The largest absolute Gasteiger partial charge is 0.386 e. The van der Waals surface area contributed by atoms with E-state index in [0.29, 0.717) is 0 Å². The number of aromatic nitrogens is 2. The zero-order valence-electron chi connectivity index (χ0n) is 12.9. The minimum atomic E-state index is -1.15. The highest BCUT2D eigenvalue weighted by molar-refractivity contribution is 5.93. The van der Waals surface area contributed by atoms with Gasteiger partial charge in [-0.05, 0) is 20.8 Å². The zero-order valence-corrected chi connectivity index (χ0v) is 12.9. The number of carbonyl (C=O) groups is 1. The number of ketones is 1. The van der Waals surface area contributed by atoms with Crippen LogP contribution in [0.4, 0.5) is 0 Å². The van der Waals surface area contributed by atoms with Gasteiger partial charge in [-0.2, -0.15) is 0 Å². The van der Waals surface area contributed by atoms with Crippen LogP contribution in [0.15, 0.2) is 15.8 Å². The van der Waals surface area contributed by atoms with Crippen LogP contribution in [-0.2, 0) is 14.2 Å². The number of aliphatic hydroxyl groups excluding tert-OH is 1. The summed E-state index contributed by atoms with van der Waals surface area (Å²) in [4.78, 5) is 37.2. The molecule has 2 aliphatic heterocycles. The average Bonchev–Trinajstić information content (AvgIpc) is 2.74. The van der Waals surface area contributed by atoms with E-state index in [1.165, 1.54) is 6.92 Å². The molecular formula is C14H18N2O7. The molecule has 2 fully saturated rings. The number of nitrogens with zero attached hydrogens (tertiary/aromatic N) is 1. The number of H-pyrrole nitrogens is 1. The van der Waals surface area contributed by atoms with Crippen molar-refractivity contribution in [1.29, 1.82) is 0 Å². The van der Waals surface area contributed by atoms with Gasteiger partial charge in [0.2, 0.25) is 0 Å². The molecule has 126 valence electrons. The van der Waals surface area contributed by atoms with Gasteiger partial charge in [0.25, 0.3) is 5.56 Å². The summed E-state index contributed by atoms with van der Waals surface area (Å²) in [5.41, 5.74) is -1.74. The number of ether oxygens (including phenoxy) is 3. The molecule has 0 bridgehead atoms. The Labute approximate surface area is 130 Å². The number of rotatable bonds is 2. The molecule has 1 aromatic heterocycles. The third-order valence-corrected chi connectivity index (χ3v) is 3.95. The Morgan fingerprint density at radius 1 is 1.43 bits per heavy atom. The van der Waals surface area contributed by atoms with Crippen LogP contribution in [0.1, 0.15) is 37.4 Å². The van der Waals surface area contributed by atoms with Gasteiger partial charge in [0.15, 0.2) is 17.8 Å². The van der Waals surface area contributed by atoms with Crippen molar-refractivity contribution in [3.63, 3.8) is 0 Å². The van der Waals surface area contributed by atoms with E-state index in [1.807, 2.05) is 0 Å². The lowest BCUT2D eigenvalue weighted by molar-refractivity contribution is -0.300. The van der Waals surface area contributed by atoms with Gasteiger partial charge in [0.1, 0.15) is 18.3 Å². The van der Waals surface area contributed by atoms with Crippen LogP contribution in [0.2, 0.25) is 0 Å². The van der Waals surface area contributed by atoms with Crippen LogP contribution in [-0.4, -0.2) is 51.1 Å². The molecule has 0 radical (unpaired) electrons. The Morgan fingerprint density at radius 3 is 2.78 bits per heavy atom. The molecule has 9 heteroatoms. The van der Waals surface area contributed by atoms with Gasteiger partial charge in [-0.25, -0.2) is 4.79 Å². The molecule has 2 aliphatic rings. The predicted molar refractivity (Wildman–Crippen MR) is 76.1 cm³/mol. The molecule has 9 nitrogen and oxygen atoms in total. The van der Waals surface area contributed by atoms with E-state index in [1.54, 1.807) is 13.8 Å². The lowest BCUT2D eigenvalue weighted by atomic mass is 10.1. The molecule has 3 rings (SSSR count). The lowest BCUT2D eigenvalue weighted by Crippen LogP contribution is -2.50. The molecule has 1 aromatic rings. The molecule has 4 atom stereocenters. The van der Waals surface area contributed by atoms with Gasteiger partial charge < -0.3 is 19.3 Å². The molecule has 0 aliphatic carbocycles. The van der Waals surface area contributed by atoms with Crippen molar-refractivity contribution in [3.05, 3.63) is 32.6 Å². The fourth-order valence-corrected chi connectivity index (χ4v) is 2.80. The van der Waals surface area contributed by atoms with Crippen molar-refractivity contribution in [2.45, 2.75) is 51.1 Å². The molecule has 0 spiro atoms. The van der Waals surface area contributed by atoms with Gasteiger partial charge in [0.05, 0.1) is 12.2 Å². The number of hydrogen-bond donors (Lipinski definition) is 2. The van der Waals surface area contributed by atoms with Crippen LogP contribution in [0.25, 0.3) is 0 Å². The summed E-state index contributed by atoms with van der Waals surface area (Å²) in [6.07, 6.45) is -2.36. The molecule has 4 unspecified atom stereocenters. The predicted octanol–water partition coefficient (Wildman–Crippen LogP) is -0.851. The number of nitrogens with one attached hydrogen (secondary N) is 1. The van der Waals surface area contributed by atoms with Gasteiger partial charge in [0, 0.05) is 6.20 Å². The number of hydrogen-bond acceptors (Lipinski definition) is 7. The Morgan fingerprint density at radius 2 is 2.13 bits per heavy atom. The second kappa shape index (κ2) is 5.38. The van der Waals surface area contributed by atoms with Crippen LogP contribution >= 0.6 is 0 Å². The van der Waals surface area contributed by atoms with Crippen molar-refractivity contribution < 1.29 is 24.1 Å². The summed E-state index contributed by atoms with van der Waals surface area (Å²) in [7, 11) is 0. The molecule has 0 amide bonds. The van der Waals surface area contributed by atoms with E-state index < -0.39 is 47.4 Å². The van der Waals surface area contributed by atoms with E-state index in [0.717, 1.165) is 10.8 Å². The summed E-state index contributed by atoms with van der Waals surface area (Å²) in [6, 6.07) is 0. The summed E-state index contributed by atoms with van der Waals surface area (Å²) < 4.78 is 17.8. The van der Waals surface area contributed by atoms with E-state index in [4.69, 9.17) is 14.2 Å². The summed E-state index contributed by atoms with van der Waals surface area (Å²) in [5.74, 6) is -1.37. The Hall–Kier alpha value is -1.81. The number of aliphatic hydroxyl groups is 1. The van der Waals surface area contributed by atoms with Gasteiger partial charge in [-0.3, -0.25) is 19.1 Å². The van der Waals surface area contributed by atoms with Crippen molar-refractivity contribution in [1.82, 2.24) is 9.55 Å². The van der Waals surface area contributed by atoms with Crippen LogP contribution in [0.5, 0.6) is 0 Å². The summed E-state index contributed by atoms with van der Waals surface area (Å²) in [6.45, 7) is 4.83. The van der Waals surface area contributed by atoms with Gasteiger partial charge in [-0.1, -0.05) is 0 Å². The van der Waals surface area contributed by atoms with E-state index in [9.17, 15) is 19.5 Å². The summed E-state index contributed by atoms with van der Waals surface area (Å²) in [5, 5.41) is 10.5. The first-order valence-electron chi connectivity index (χ1n) is 7.21. The Bertz CT molecular complexity index is 750. The Kier molecular flexibility index (Phi) is 3.75. The number of Topliss-reactive ketones (excluding diaryl/α,β-unsaturated/α-hetero) is 1. The smallest absolute Gasteiger partial charge is 0.330 e. The third-order valence-electron chi connectivity index (χ3n) is 3.95.